The summed E-state index contributed by atoms with van der Waals surface area (Å²) in [6.45, 7) is 0.216. The van der Waals surface area contributed by atoms with E-state index < -0.39 is 10.2 Å². The minimum absolute atomic E-state index is 0.191. The molecule has 6 nitrogen and oxygen atoms in total. The molecule has 7 heteroatoms. The smallest absolute Gasteiger partial charge is 0.305 e. The van der Waals surface area contributed by atoms with Crippen LogP contribution in [0.3, 0.4) is 0 Å². The number of hydrogen-bond acceptors (Lipinski definition) is 4. The van der Waals surface area contributed by atoms with Crippen LogP contribution in [-0.4, -0.2) is 39.4 Å². The average Bonchev–Trinajstić information content (AvgIpc) is 2.02. The zero-order chi connectivity index (χ0) is 10.5. The number of esters is 1. The van der Waals surface area contributed by atoms with Crippen LogP contribution in [0.25, 0.3) is 0 Å². The van der Waals surface area contributed by atoms with Crippen molar-refractivity contribution in [3.05, 3.63) is 0 Å². The van der Waals surface area contributed by atoms with Crippen molar-refractivity contribution in [2.24, 2.45) is 5.14 Å². The number of carbonyl (C=O) groups is 1. The van der Waals surface area contributed by atoms with E-state index in [2.05, 4.69) is 4.74 Å². The highest BCUT2D eigenvalue weighted by Gasteiger charge is 2.11. The zero-order valence-electron chi connectivity index (χ0n) is 7.69. The molecule has 0 aliphatic heterocycles. The molecule has 0 aliphatic carbocycles. The van der Waals surface area contributed by atoms with Crippen LogP contribution >= 0.6 is 0 Å². The molecule has 0 unspecified atom stereocenters. The Hall–Kier alpha value is -0.660. The lowest BCUT2D eigenvalue weighted by atomic mass is 10.3. The second-order valence-electron chi connectivity index (χ2n) is 2.55. The Kier molecular flexibility index (Phi) is 4.89. The molecule has 13 heavy (non-hydrogen) atoms. The van der Waals surface area contributed by atoms with Crippen LogP contribution in [0.15, 0.2) is 0 Å². The summed E-state index contributed by atoms with van der Waals surface area (Å²) in [4.78, 5) is 10.6. The van der Waals surface area contributed by atoms with Gasteiger partial charge in [-0.15, -0.1) is 0 Å². The van der Waals surface area contributed by atoms with Crippen LogP contribution < -0.4 is 5.14 Å². The Balaban J connectivity index is 3.73. The van der Waals surface area contributed by atoms with Gasteiger partial charge in [-0.3, -0.25) is 4.79 Å². The number of carbonyl (C=O) groups excluding carboxylic acids is 1. The maximum atomic E-state index is 10.7. The summed E-state index contributed by atoms with van der Waals surface area (Å²) in [5, 5.41) is 4.81. The van der Waals surface area contributed by atoms with E-state index >= 15 is 0 Å². The Morgan fingerprint density at radius 3 is 2.46 bits per heavy atom. The third kappa shape index (κ3) is 5.56. The van der Waals surface area contributed by atoms with Crippen molar-refractivity contribution in [3.63, 3.8) is 0 Å². The van der Waals surface area contributed by atoms with E-state index in [1.807, 2.05) is 0 Å². The Bertz CT molecular complexity index is 262. The largest absolute Gasteiger partial charge is 0.469 e. The molecular weight excluding hydrogens is 196 g/mol. The van der Waals surface area contributed by atoms with E-state index in [9.17, 15) is 13.2 Å². The van der Waals surface area contributed by atoms with Gasteiger partial charge in [0.15, 0.2) is 0 Å². The summed E-state index contributed by atoms with van der Waals surface area (Å²) >= 11 is 0. The van der Waals surface area contributed by atoms with Gasteiger partial charge in [-0.25, -0.2) is 5.14 Å². The van der Waals surface area contributed by atoms with Gasteiger partial charge in [0, 0.05) is 20.0 Å². The lowest BCUT2D eigenvalue weighted by molar-refractivity contribution is -0.140. The van der Waals surface area contributed by atoms with Crippen LogP contribution in [0.2, 0.25) is 0 Å². The van der Waals surface area contributed by atoms with Crippen molar-refractivity contribution in [1.82, 2.24) is 4.31 Å². The molecule has 0 rings (SSSR count). The molecule has 0 amide bonds. The van der Waals surface area contributed by atoms with Crippen molar-refractivity contribution in [2.75, 3.05) is 20.7 Å². The molecular formula is C6H14N2O4S. The van der Waals surface area contributed by atoms with Gasteiger partial charge < -0.3 is 4.74 Å². The first kappa shape index (κ1) is 12.3. The molecule has 0 atom stereocenters. The van der Waals surface area contributed by atoms with Crippen molar-refractivity contribution in [1.29, 1.82) is 0 Å². The molecule has 0 aromatic heterocycles. The monoisotopic (exact) mass is 210 g/mol. The minimum atomic E-state index is -3.63. The fourth-order valence-electron chi connectivity index (χ4n) is 0.675. The van der Waals surface area contributed by atoms with E-state index in [1.54, 1.807) is 0 Å². The second-order valence-corrected chi connectivity index (χ2v) is 4.20. The van der Waals surface area contributed by atoms with Gasteiger partial charge in [-0.2, -0.15) is 12.7 Å². The molecule has 78 valence electrons. The summed E-state index contributed by atoms with van der Waals surface area (Å²) in [5.41, 5.74) is 0. The predicted octanol–water partition coefficient (Wildman–Crippen LogP) is -0.925. The first-order valence-corrected chi connectivity index (χ1v) is 5.19. The van der Waals surface area contributed by atoms with E-state index in [1.165, 1.54) is 14.2 Å². The van der Waals surface area contributed by atoms with Gasteiger partial charge in [-0.05, 0) is 6.42 Å². The lowest BCUT2D eigenvalue weighted by Crippen LogP contribution is -2.34. The van der Waals surface area contributed by atoms with Gasteiger partial charge in [0.1, 0.15) is 0 Å². The van der Waals surface area contributed by atoms with Gasteiger partial charge in [0.05, 0.1) is 7.11 Å². The van der Waals surface area contributed by atoms with Crippen molar-refractivity contribution in [3.8, 4) is 0 Å². The first-order chi connectivity index (χ1) is 5.88. The number of nitrogens with zero attached hydrogens (tertiary/aromatic N) is 1. The molecule has 0 saturated heterocycles. The van der Waals surface area contributed by atoms with E-state index in [0.717, 1.165) is 4.31 Å². The summed E-state index contributed by atoms with van der Waals surface area (Å²) < 4.78 is 26.7. The Morgan fingerprint density at radius 2 is 2.08 bits per heavy atom. The maximum absolute atomic E-state index is 10.7. The van der Waals surface area contributed by atoms with E-state index in [4.69, 9.17) is 5.14 Å². The summed E-state index contributed by atoms with van der Waals surface area (Å²) in [5.74, 6) is -0.359. The highest BCUT2D eigenvalue weighted by atomic mass is 32.2. The van der Waals surface area contributed by atoms with Crippen molar-refractivity contribution < 1.29 is 17.9 Å². The van der Waals surface area contributed by atoms with Gasteiger partial charge in [0.2, 0.25) is 0 Å². The fourth-order valence-corrected chi connectivity index (χ4v) is 1.06. The number of rotatable bonds is 5. The Morgan fingerprint density at radius 1 is 1.54 bits per heavy atom. The van der Waals surface area contributed by atoms with Crippen LogP contribution in [0.5, 0.6) is 0 Å². The molecule has 0 heterocycles. The number of ether oxygens (including phenoxy) is 1. The standard InChI is InChI=1S/C6H14N2O4S/c1-8(13(7,10)11)5-3-4-6(9)12-2/h3-5H2,1-2H3,(H2,7,10,11). The fraction of sp³-hybridized carbons (Fsp3) is 0.833. The lowest BCUT2D eigenvalue weighted by Gasteiger charge is -2.12. The van der Waals surface area contributed by atoms with Crippen LogP contribution in [0.1, 0.15) is 12.8 Å². The maximum Gasteiger partial charge on any atom is 0.305 e. The van der Waals surface area contributed by atoms with Gasteiger partial charge in [0.25, 0.3) is 10.2 Å². The molecule has 0 aromatic rings. The van der Waals surface area contributed by atoms with Crippen LogP contribution in [0, 0.1) is 0 Å². The third-order valence-electron chi connectivity index (χ3n) is 1.52. The first-order valence-electron chi connectivity index (χ1n) is 3.69. The van der Waals surface area contributed by atoms with Gasteiger partial charge in [-0.1, -0.05) is 0 Å². The third-order valence-corrected chi connectivity index (χ3v) is 2.57. The van der Waals surface area contributed by atoms with Crippen LogP contribution in [0.4, 0.5) is 0 Å². The molecule has 0 bridgehead atoms. The number of hydrogen-bond donors (Lipinski definition) is 1. The molecule has 0 radical (unpaired) electrons. The minimum Gasteiger partial charge on any atom is -0.469 e. The number of methoxy groups -OCH3 is 1. The summed E-state index contributed by atoms with van der Waals surface area (Å²) in [6.07, 6.45) is 0.593. The number of nitrogens with two attached hydrogens (primary N) is 1. The topological polar surface area (TPSA) is 89.7 Å². The Labute approximate surface area is 77.8 Å². The molecule has 0 saturated carbocycles. The van der Waals surface area contributed by atoms with Crippen LogP contribution in [-0.2, 0) is 19.7 Å². The molecule has 2 N–H and O–H groups in total. The van der Waals surface area contributed by atoms with E-state index in [-0.39, 0.29) is 18.9 Å². The summed E-state index contributed by atoms with van der Waals surface area (Å²) in [6, 6.07) is 0. The quantitative estimate of drug-likeness (QED) is 0.594. The van der Waals surface area contributed by atoms with Crippen molar-refractivity contribution in [2.45, 2.75) is 12.8 Å². The molecule has 0 fully saturated rings. The molecule has 0 spiro atoms. The normalized spacial score (nSPS) is 11.7. The highest BCUT2D eigenvalue weighted by Crippen LogP contribution is 1.96. The molecule has 0 aliphatic rings. The predicted molar refractivity (Wildman–Crippen MR) is 47.0 cm³/mol. The van der Waals surface area contributed by atoms with Gasteiger partial charge >= 0.3 is 5.97 Å². The summed E-state index contributed by atoms with van der Waals surface area (Å²) in [7, 11) is -0.989. The average molecular weight is 210 g/mol. The second kappa shape index (κ2) is 5.15. The SMILES string of the molecule is COC(=O)CCCN(C)S(N)(=O)=O. The van der Waals surface area contributed by atoms with E-state index in [0.29, 0.717) is 6.42 Å². The van der Waals surface area contributed by atoms with Crippen molar-refractivity contribution >= 4 is 16.2 Å². The molecule has 0 aromatic carbocycles. The highest BCUT2D eigenvalue weighted by molar-refractivity contribution is 7.86. The zero-order valence-corrected chi connectivity index (χ0v) is 8.50.